The van der Waals surface area contributed by atoms with E-state index in [0.717, 1.165) is 19.4 Å². The van der Waals surface area contributed by atoms with E-state index < -0.39 is 0 Å². The number of aromatic amines is 1. The van der Waals surface area contributed by atoms with Crippen LogP contribution in [0.1, 0.15) is 30.1 Å². The van der Waals surface area contributed by atoms with Crippen molar-refractivity contribution in [2.75, 3.05) is 13.1 Å². The number of nitrogens with two attached hydrogens (primary N) is 1. The van der Waals surface area contributed by atoms with E-state index in [0.29, 0.717) is 22.5 Å². The van der Waals surface area contributed by atoms with Crippen LogP contribution in [-0.4, -0.2) is 34.9 Å². The summed E-state index contributed by atoms with van der Waals surface area (Å²) in [4.78, 5) is 28.1. The van der Waals surface area contributed by atoms with Crippen LogP contribution in [0, 0.1) is 5.92 Å². The van der Waals surface area contributed by atoms with Gasteiger partial charge in [0.1, 0.15) is 0 Å². The molecular weight excluding hydrogens is 346 g/mol. The lowest BCUT2D eigenvalue weighted by molar-refractivity contribution is 0.0573. The van der Waals surface area contributed by atoms with Crippen LogP contribution >= 0.6 is 28.3 Å². The van der Waals surface area contributed by atoms with Gasteiger partial charge in [-0.25, -0.2) is 0 Å². The molecule has 7 heteroatoms. The second-order valence-electron chi connectivity index (χ2n) is 5.08. The Hall–Kier alpha value is -0.850. The van der Waals surface area contributed by atoms with Gasteiger partial charge in [-0.3, -0.25) is 9.59 Å². The van der Waals surface area contributed by atoms with Gasteiger partial charge in [0, 0.05) is 25.3 Å². The lowest BCUT2D eigenvalue weighted by Gasteiger charge is -2.38. The topological polar surface area (TPSA) is 79.2 Å². The first-order chi connectivity index (χ1) is 9.02. The first-order valence-electron chi connectivity index (χ1n) is 6.42. The number of nitrogens with one attached hydrogen (secondary N) is 1. The van der Waals surface area contributed by atoms with Crippen LogP contribution in [0.25, 0.3) is 0 Å². The van der Waals surface area contributed by atoms with E-state index in [1.807, 2.05) is 4.90 Å². The predicted octanol–water partition coefficient (Wildman–Crippen LogP) is 1.76. The standard InChI is InChI=1S/C13H18BrN3O2.ClH/c1-8-2-3-17(10(4-8)6-15)13(19)9-5-11(14)12(18)16-7-9;/h5,7-8,10H,2-4,6,15H2,1H3,(H,16,18);1H. The molecule has 2 heterocycles. The Balaban J connectivity index is 0.00000200. The van der Waals surface area contributed by atoms with Crippen molar-refractivity contribution < 1.29 is 4.79 Å². The van der Waals surface area contributed by atoms with Crippen molar-refractivity contribution in [2.45, 2.75) is 25.8 Å². The third kappa shape index (κ3) is 3.62. The first-order valence-corrected chi connectivity index (χ1v) is 7.21. The molecule has 0 bridgehead atoms. The van der Waals surface area contributed by atoms with E-state index in [-0.39, 0.29) is 29.9 Å². The molecule has 1 aliphatic rings. The van der Waals surface area contributed by atoms with Gasteiger partial charge in [0.25, 0.3) is 11.5 Å². The van der Waals surface area contributed by atoms with Gasteiger partial charge in [0.05, 0.1) is 10.0 Å². The SMILES string of the molecule is CC1CCN(C(=O)c2c[nH]c(=O)c(Br)c2)C(CN)C1.Cl. The molecule has 0 radical (unpaired) electrons. The highest BCUT2D eigenvalue weighted by molar-refractivity contribution is 9.10. The summed E-state index contributed by atoms with van der Waals surface area (Å²) in [5.41, 5.74) is 6.01. The Kier molecular flexibility index (Phi) is 6.23. The summed E-state index contributed by atoms with van der Waals surface area (Å²) >= 11 is 3.14. The molecule has 1 amide bonds. The quantitative estimate of drug-likeness (QED) is 0.839. The van der Waals surface area contributed by atoms with Crippen LogP contribution in [0.15, 0.2) is 21.5 Å². The Bertz CT molecular complexity index is 535. The second kappa shape index (κ2) is 7.24. The van der Waals surface area contributed by atoms with Crippen molar-refractivity contribution in [3.8, 4) is 0 Å². The number of aromatic nitrogens is 1. The number of likely N-dealkylation sites (tertiary alicyclic amines) is 1. The average Bonchev–Trinajstić information content (AvgIpc) is 2.41. The first kappa shape index (κ1) is 17.2. The van der Waals surface area contributed by atoms with Crippen molar-refractivity contribution in [3.05, 3.63) is 32.7 Å². The number of rotatable bonds is 2. The van der Waals surface area contributed by atoms with Crippen molar-refractivity contribution in [3.63, 3.8) is 0 Å². The van der Waals surface area contributed by atoms with E-state index in [1.165, 1.54) is 6.20 Å². The van der Waals surface area contributed by atoms with Gasteiger partial charge in [-0.1, -0.05) is 6.92 Å². The number of H-pyrrole nitrogens is 1. The van der Waals surface area contributed by atoms with Crippen LogP contribution in [0.5, 0.6) is 0 Å². The number of carbonyl (C=O) groups is 1. The summed E-state index contributed by atoms with van der Waals surface area (Å²) < 4.78 is 0.369. The molecule has 0 aliphatic carbocycles. The monoisotopic (exact) mass is 363 g/mol. The van der Waals surface area contributed by atoms with Gasteiger partial charge in [0.15, 0.2) is 0 Å². The van der Waals surface area contributed by atoms with E-state index in [1.54, 1.807) is 6.07 Å². The molecule has 20 heavy (non-hydrogen) atoms. The van der Waals surface area contributed by atoms with Crippen molar-refractivity contribution >= 4 is 34.2 Å². The minimum atomic E-state index is -0.237. The molecule has 1 aliphatic heterocycles. The summed E-state index contributed by atoms with van der Waals surface area (Å²) in [6, 6.07) is 1.65. The summed E-state index contributed by atoms with van der Waals surface area (Å²) in [7, 11) is 0. The van der Waals surface area contributed by atoms with Gasteiger partial charge in [-0.2, -0.15) is 0 Å². The second-order valence-corrected chi connectivity index (χ2v) is 5.94. The smallest absolute Gasteiger partial charge is 0.262 e. The lowest BCUT2D eigenvalue weighted by Crippen LogP contribution is -2.49. The molecule has 0 saturated carbocycles. The highest BCUT2D eigenvalue weighted by Gasteiger charge is 2.29. The number of halogens is 2. The van der Waals surface area contributed by atoms with E-state index in [9.17, 15) is 9.59 Å². The minimum Gasteiger partial charge on any atom is -0.334 e. The van der Waals surface area contributed by atoms with Gasteiger partial charge < -0.3 is 15.6 Å². The molecule has 2 unspecified atom stereocenters. The largest absolute Gasteiger partial charge is 0.334 e. The molecule has 1 aromatic rings. The lowest BCUT2D eigenvalue weighted by atomic mass is 9.92. The third-order valence-corrected chi connectivity index (χ3v) is 4.20. The molecule has 1 aromatic heterocycles. The highest BCUT2D eigenvalue weighted by atomic mass is 79.9. The maximum atomic E-state index is 12.5. The molecule has 2 rings (SSSR count). The fraction of sp³-hybridized carbons (Fsp3) is 0.538. The molecule has 5 nitrogen and oxygen atoms in total. The van der Waals surface area contributed by atoms with E-state index >= 15 is 0 Å². The number of pyridine rings is 1. The van der Waals surface area contributed by atoms with Crippen LogP contribution in [0.2, 0.25) is 0 Å². The molecular formula is C13H19BrClN3O2. The van der Waals surface area contributed by atoms with E-state index in [2.05, 4.69) is 27.8 Å². The molecule has 3 N–H and O–H groups in total. The van der Waals surface area contributed by atoms with Crippen molar-refractivity contribution in [1.29, 1.82) is 0 Å². The molecule has 2 atom stereocenters. The number of nitrogens with zero attached hydrogens (tertiary/aromatic N) is 1. The number of carbonyl (C=O) groups excluding carboxylic acids is 1. The Morgan fingerprint density at radius 1 is 1.60 bits per heavy atom. The van der Waals surface area contributed by atoms with Crippen LogP contribution in [-0.2, 0) is 0 Å². The average molecular weight is 365 g/mol. The van der Waals surface area contributed by atoms with Gasteiger partial charge in [-0.15, -0.1) is 12.4 Å². The summed E-state index contributed by atoms with van der Waals surface area (Å²) in [6.07, 6.45) is 3.39. The molecule has 0 spiro atoms. The number of hydrogen-bond donors (Lipinski definition) is 2. The maximum Gasteiger partial charge on any atom is 0.262 e. The summed E-state index contributed by atoms with van der Waals surface area (Å²) in [5.74, 6) is 0.527. The van der Waals surface area contributed by atoms with Gasteiger partial charge in [-0.05, 0) is 40.8 Å². The normalized spacial score (nSPS) is 22.2. The maximum absolute atomic E-state index is 12.5. The van der Waals surface area contributed by atoms with E-state index in [4.69, 9.17) is 5.73 Å². The predicted molar refractivity (Wildman–Crippen MR) is 84.3 cm³/mol. The minimum absolute atomic E-state index is 0. The van der Waals surface area contributed by atoms with Crippen molar-refractivity contribution in [2.24, 2.45) is 11.7 Å². The molecule has 0 aromatic carbocycles. The summed E-state index contributed by atoms with van der Waals surface area (Å²) in [5, 5.41) is 0. The highest BCUT2D eigenvalue weighted by Crippen LogP contribution is 2.23. The van der Waals surface area contributed by atoms with Crippen LogP contribution in [0.3, 0.4) is 0 Å². The Labute approximate surface area is 132 Å². The van der Waals surface area contributed by atoms with Crippen LogP contribution in [0.4, 0.5) is 0 Å². The number of amides is 1. The number of hydrogen-bond acceptors (Lipinski definition) is 3. The Morgan fingerprint density at radius 2 is 2.30 bits per heavy atom. The van der Waals surface area contributed by atoms with Crippen molar-refractivity contribution in [1.82, 2.24) is 9.88 Å². The number of piperidine rings is 1. The third-order valence-electron chi connectivity index (χ3n) is 3.62. The fourth-order valence-electron chi connectivity index (χ4n) is 2.49. The van der Waals surface area contributed by atoms with Gasteiger partial charge >= 0.3 is 0 Å². The zero-order valence-electron chi connectivity index (χ0n) is 11.3. The Morgan fingerprint density at radius 3 is 2.90 bits per heavy atom. The molecule has 1 fully saturated rings. The zero-order valence-corrected chi connectivity index (χ0v) is 13.7. The fourth-order valence-corrected chi connectivity index (χ4v) is 2.85. The summed E-state index contributed by atoms with van der Waals surface area (Å²) in [6.45, 7) is 3.38. The zero-order chi connectivity index (χ0) is 14.0. The van der Waals surface area contributed by atoms with Gasteiger partial charge in [0.2, 0.25) is 0 Å². The van der Waals surface area contributed by atoms with Crippen LogP contribution < -0.4 is 11.3 Å². The molecule has 112 valence electrons. The molecule has 1 saturated heterocycles.